The molecule has 1 saturated heterocycles. The highest BCUT2D eigenvalue weighted by molar-refractivity contribution is 5.96. The van der Waals surface area contributed by atoms with Crippen molar-refractivity contribution in [1.82, 2.24) is 4.90 Å². The van der Waals surface area contributed by atoms with E-state index in [9.17, 15) is 14.4 Å². The minimum absolute atomic E-state index is 0.177. The molecule has 0 bridgehead atoms. The van der Waals surface area contributed by atoms with Crippen LogP contribution in [0.1, 0.15) is 41.4 Å². The summed E-state index contributed by atoms with van der Waals surface area (Å²) in [6, 6.07) is 12.2. The second-order valence-corrected chi connectivity index (χ2v) is 7.60. The van der Waals surface area contributed by atoms with Gasteiger partial charge in [-0.3, -0.25) is 14.4 Å². The zero-order chi connectivity index (χ0) is 21.4. The quantitative estimate of drug-likeness (QED) is 0.786. The number of amides is 2. The normalized spacial score (nSPS) is 21.4. The van der Waals surface area contributed by atoms with Crippen LogP contribution < -0.4 is 10.1 Å². The summed E-state index contributed by atoms with van der Waals surface area (Å²) in [6.07, 6.45) is -0.470. The fourth-order valence-corrected chi connectivity index (χ4v) is 4.26. The molecule has 4 rings (SSSR count). The monoisotopic (exact) mass is 408 g/mol. The van der Waals surface area contributed by atoms with Gasteiger partial charge in [0.05, 0.1) is 12.6 Å². The zero-order valence-corrected chi connectivity index (χ0v) is 17.2. The van der Waals surface area contributed by atoms with Gasteiger partial charge in [0.25, 0.3) is 5.91 Å². The molecule has 3 atom stereocenters. The third kappa shape index (κ3) is 3.40. The van der Waals surface area contributed by atoms with Gasteiger partial charge in [0.15, 0.2) is 0 Å². The van der Waals surface area contributed by atoms with E-state index in [0.29, 0.717) is 11.3 Å². The molecule has 2 aromatic rings. The lowest BCUT2D eigenvalue weighted by Crippen LogP contribution is -2.32. The van der Waals surface area contributed by atoms with E-state index < -0.39 is 12.0 Å². The second kappa shape index (κ2) is 7.82. The van der Waals surface area contributed by atoms with Crippen LogP contribution in [-0.4, -0.2) is 41.9 Å². The molecule has 156 valence electrons. The molecular formula is C23H24N2O5. The molecule has 7 nitrogen and oxygen atoms in total. The highest BCUT2D eigenvalue weighted by atomic mass is 16.5. The standard InChI is InChI=1S/C23H24N2O5/c1-4-29-23(28)18-12-25(19-17-7-5-6-13(2)20(17)30-21(18)19)22(27)15-8-10-16(11-9-15)24-14(3)26/h5-11,18-19,21H,4,12H2,1-3H3,(H,24,26)/t18-,19+,21+/m1/s1. The number of esters is 1. The van der Waals surface area contributed by atoms with Gasteiger partial charge in [0, 0.05) is 30.3 Å². The molecule has 0 unspecified atom stereocenters. The lowest BCUT2D eigenvalue weighted by Gasteiger charge is -2.23. The van der Waals surface area contributed by atoms with Crippen LogP contribution in [-0.2, 0) is 14.3 Å². The molecule has 2 aromatic carbocycles. The van der Waals surface area contributed by atoms with E-state index in [2.05, 4.69) is 5.32 Å². The molecule has 2 aliphatic rings. The van der Waals surface area contributed by atoms with Crippen molar-refractivity contribution < 1.29 is 23.9 Å². The summed E-state index contributed by atoms with van der Waals surface area (Å²) in [4.78, 5) is 38.9. The lowest BCUT2D eigenvalue weighted by molar-refractivity contribution is -0.149. The van der Waals surface area contributed by atoms with Gasteiger partial charge in [0.1, 0.15) is 17.8 Å². The predicted molar refractivity (Wildman–Crippen MR) is 110 cm³/mol. The smallest absolute Gasteiger partial charge is 0.314 e. The highest BCUT2D eigenvalue weighted by Crippen LogP contribution is 2.49. The van der Waals surface area contributed by atoms with Crippen molar-refractivity contribution in [3.05, 3.63) is 59.2 Å². The van der Waals surface area contributed by atoms with Gasteiger partial charge in [0.2, 0.25) is 5.91 Å². The number of likely N-dealkylation sites (tertiary alicyclic amines) is 1. The topological polar surface area (TPSA) is 84.9 Å². The maximum absolute atomic E-state index is 13.4. The van der Waals surface area contributed by atoms with Crippen LogP contribution in [0, 0.1) is 12.8 Å². The Morgan fingerprint density at radius 2 is 1.90 bits per heavy atom. The van der Waals surface area contributed by atoms with E-state index in [-0.39, 0.29) is 37.0 Å². The zero-order valence-electron chi connectivity index (χ0n) is 17.2. The Balaban J connectivity index is 1.66. The Labute approximate surface area is 175 Å². The van der Waals surface area contributed by atoms with Crippen molar-refractivity contribution in [2.45, 2.75) is 32.9 Å². The minimum Gasteiger partial charge on any atom is -0.486 e. The van der Waals surface area contributed by atoms with Gasteiger partial charge < -0.3 is 19.7 Å². The van der Waals surface area contributed by atoms with Crippen molar-refractivity contribution >= 4 is 23.5 Å². The number of para-hydroxylation sites is 1. The van der Waals surface area contributed by atoms with Gasteiger partial charge in [-0.25, -0.2) is 0 Å². The number of carbonyl (C=O) groups excluding carboxylic acids is 3. The largest absolute Gasteiger partial charge is 0.486 e. The molecule has 0 spiro atoms. The van der Waals surface area contributed by atoms with Crippen LogP contribution in [0.25, 0.3) is 0 Å². The molecule has 2 aliphatic heterocycles. The van der Waals surface area contributed by atoms with Crippen LogP contribution >= 0.6 is 0 Å². The number of ether oxygens (including phenoxy) is 2. The van der Waals surface area contributed by atoms with Crippen LogP contribution in [0.2, 0.25) is 0 Å². The Morgan fingerprint density at radius 3 is 2.57 bits per heavy atom. The maximum Gasteiger partial charge on any atom is 0.314 e. The third-order valence-electron chi connectivity index (χ3n) is 5.55. The van der Waals surface area contributed by atoms with Crippen molar-refractivity contribution in [2.75, 3.05) is 18.5 Å². The summed E-state index contributed by atoms with van der Waals surface area (Å²) in [6.45, 7) is 5.65. The van der Waals surface area contributed by atoms with Crippen LogP contribution in [0.3, 0.4) is 0 Å². The molecule has 2 amide bonds. The van der Waals surface area contributed by atoms with E-state index in [1.807, 2.05) is 25.1 Å². The average Bonchev–Trinajstić information content (AvgIpc) is 3.26. The van der Waals surface area contributed by atoms with Gasteiger partial charge in [-0.1, -0.05) is 18.2 Å². The van der Waals surface area contributed by atoms with Crippen LogP contribution in [0.4, 0.5) is 5.69 Å². The summed E-state index contributed by atoms with van der Waals surface area (Å²) in [5.74, 6) is -0.535. The van der Waals surface area contributed by atoms with E-state index in [0.717, 1.165) is 16.9 Å². The highest BCUT2D eigenvalue weighted by Gasteiger charge is 2.54. The summed E-state index contributed by atoms with van der Waals surface area (Å²) in [7, 11) is 0. The molecular weight excluding hydrogens is 384 g/mol. The molecule has 0 aromatic heterocycles. The number of fused-ring (bicyclic) bond motifs is 3. The Bertz CT molecular complexity index is 1000. The first-order chi connectivity index (χ1) is 14.4. The first kappa shape index (κ1) is 19.9. The van der Waals surface area contributed by atoms with Gasteiger partial charge in [-0.15, -0.1) is 0 Å². The molecule has 2 heterocycles. The number of nitrogens with zero attached hydrogens (tertiary/aromatic N) is 1. The fourth-order valence-electron chi connectivity index (χ4n) is 4.26. The van der Waals surface area contributed by atoms with E-state index in [4.69, 9.17) is 9.47 Å². The number of carbonyl (C=O) groups is 3. The molecule has 0 saturated carbocycles. The van der Waals surface area contributed by atoms with Crippen molar-refractivity contribution in [2.24, 2.45) is 5.92 Å². The number of hydrogen-bond acceptors (Lipinski definition) is 5. The van der Waals surface area contributed by atoms with Crippen molar-refractivity contribution in [3.8, 4) is 5.75 Å². The Hall–Kier alpha value is -3.35. The molecule has 30 heavy (non-hydrogen) atoms. The number of rotatable bonds is 4. The Kier molecular flexibility index (Phi) is 5.20. The molecule has 1 fully saturated rings. The second-order valence-electron chi connectivity index (χ2n) is 7.60. The minimum atomic E-state index is -0.552. The summed E-state index contributed by atoms with van der Waals surface area (Å²) in [5, 5.41) is 2.69. The van der Waals surface area contributed by atoms with E-state index >= 15 is 0 Å². The molecule has 1 N–H and O–H groups in total. The van der Waals surface area contributed by atoms with Crippen molar-refractivity contribution in [3.63, 3.8) is 0 Å². The number of benzene rings is 2. The van der Waals surface area contributed by atoms with E-state index in [1.54, 1.807) is 36.1 Å². The molecule has 7 heteroatoms. The van der Waals surface area contributed by atoms with Gasteiger partial charge in [-0.2, -0.15) is 0 Å². The third-order valence-corrected chi connectivity index (χ3v) is 5.55. The van der Waals surface area contributed by atoms with Gasteiger partial charge in [-0.05, 0) is 43.7 Å². The van der Waals surface area contributed by atoms with Crippen molar-refractivity contribution in [1.29, 1.82) is 0 Å². The number of nitrogens with one attached hydrogen (secondary N) is 1. The van der Waals surface area contributed by atoms with Crippen LogP contribution in [0.15, 0.2) is 42.5 Å². The summed E-state index contributed by atoms with van der Waals surface area (Å²) >= 11 is 0. The number of anilines is 1. The predicted octanol–water partition coefficient (Wildman–Crippen LogP) is 3.09. The SMILES string of the molecule is CCOC(=O)[C@@H]1CN(C(=O)c2ccc(NC(C)=O)cc2)[C@H]2c3cccc(C)c3O[C@@H]12. The van der Waals surface area contributed by atoms with E-state index in [1.165, 1.54) is 6.92 Å². The number of hydrogen-bond donors (Lipinski definition) is 1. The maximum atomic E-state index is 13.4. The fraction of sp³-hybridized carbons (Fsp3) is 0.348. The average molecular weight is 408 g/mol. The molecule has 0 radical (unpaired) electrons. The summed E-state index contributed by atoms with van der Waals surface area (Å²) < 4.78 is 11.4. The first-order valence-electron chi connectivity index (χ1n) is 10.0. The van der Waals surface area contributed by atoms with Gasteiger partial charge >= 0.3 is 5.97 Å². The molecule has 0 aliphatic carbocycles. The Morgan fingerprint density at radius 1 is 1.17 bits per heavy atom. The number of aryl methyl sites for hydroxylation is 1. The van der Waals surface area contributed by atoms with Crippen LogP contribution in [0.5, 0.6) is 5.75 Å². The summed E-state index contributed by atoms with van der Waals surface area (Å²) in [5.41, 5.74) is 2.98. The lowest BCUT2D eigenvalue weighted by atomic mass is 9.98. The first-order valence-corrected chi connectivity index (χ1v) is 10.0.